The van der Waals surface area contributed by atoms with Gasteiger partial charge in [0.25, 0.3) is 0 Å². The van der Waals surface area contributed by atoms with Gasteiger partial charge in [0.05, 0.1) is 20.3 Å². The van der Waals surface area contributed by atoms with Crippen LogP contribution in [0.1, 0.15) is 27.7 Å². The molecule has 0 fully saturated rings. The van der Waals surface area contributed by atoms with Crippen LogP contribution in [-0.2, 0) is 0 Å². The first-order valence-corrected chi connectivity index (χ1v) is 11.8. The summed E-state index contributed by atoms with van der Waals surface area (Å²) in [4.78, 5) is 27.5. The van der Waals surface area contributed by atoms with Crippen molar-refractivity contribution in [2.45, 2.75) is 43.8 Å². The molecule has 1 amide bonds. The van der Waals surface area contributed by atoms with Crippen LogP contribution < -0.4 is 24.4 Å². The molecule has 182 valence electrons. The molecule has 0 atom stereocenters. The minimum absolute atomic E-state index is 0.116. The Morgan fingerprint density at radius 3 is 2.24 bits per heavy atom. The molecule has 1 heterocycles. The Morgan fingerprint density at radius 2 is 1.68 bits per heavy atom. The van der Waals surface area contributed by atoms with Gasteiger partial charge >= 0.3 is 6.09 Å². The van der Waals surface area contributed by atoms with E-state index in [9.17, 15) is 9.59 Å². The second kappa shape index (κ2) is 11.2. The van der Waals surface area contributed by atoms with Crippen molar-refractivity contribution in [1.82, 2.24) is 4.90 Å². The van der Waals surface area contributed by atoms with Crippen LogP contribution in [0.25, 0.3) is 11.0 Å². The predicted octanol–water partition coefficient (Wildman–Crippen LogP) is 5.59. The first-order valence-electron chi connectivity index (χ1n) is 10.9. The van der Waals surface area contributed by atoms with E-state index in [4.69, 9.17) is 23.4 Å². The minimum atomic E-state index is -0.394. The topological polar surface area (TPSA) is 87.4 Å². The van der Waals surface area contributed by atoms with E-state index in [0.717, 1.165) is 4.90 Å². The molecule has 34 heavy (non-hydrogen) atoms. The van der Waals surface area contributed by atoms with E-state index < -0.39 is 6.09 Å². The van der Waals surface area contributed by atoms with Crippen LogP contribution in [0.3, 0.4) is 0 Å². The molecule has 0 aliphatic heterocycles. The van der Waals surface area contributed by atoms with Gasteiger partial charge in [-0.3, -0.25) is 4.79 Å². The fourth-order valence-electron chi connectivity index (χ4n) is 3.34. The quantitative estimate of drug-likeness (QED) is 0.386. The van der Waals surface area contributed by atoms with Crippen LogP contribution in [0, 0.1) is 0 Å². The van der Waals surface area contributed by atoms with E-state index in [1.807, 2.05) is 27.7 Å². The second-order valence-corrected chi connectivity index (χ2v) is 8.60. The van der Waals surface area contributed by atoms with Crippen molar-refractivity contribution in [3.05, 3.63) is 46.6 Å². The Balaban J connectivity index is 1.91. The minimum Gasteiger partial charge on any atom is -0.492 e. The molecular weight excluding hydrogens is 458 g/mol. The molecule has 0 aliphatic carbocycles. The van der Waals surface area contributed by atoms with Crippen molar-refractivity contribution in [2.75, 3.05) is 27.3 Å². The summed E-state index contributed by atoms with van der Waals surface area (Å²) in [6.45, 7) is 8.72. The first-order chi connectivity index (χ1) is 16.3. The van der Waals surface area contributed by atoms with Crippen LogP contribution >= 0.6 is 11.8 Å². The fraction of sp³-hybridized carbons (Fsp3) is 0.360. The summed E-state index contributed by atoms with van der Waals surface area (Å²) in [6.07, 6.45) is -0.510. The third-order valence-electron chi connectivity index (χ3n) is 4.91. The van der Waals surface area contributed by atoms with Gasteiger partial charge in [0.15, 0.2) is 22.0 Å². The summed E-state index contributed by atoms with van der Waals surface area (Å²) >= 11 is 1.27. The molecule has 0 spiro atoms. The molecule has 2 aromatic carbocycles. The third-order valence-corrected chi connectivity index (χ3v) is 5.82. The van der Waals surface area contributed by atoms with E-state index >= 15 is 0 Å². The molecular formula is C25H29NO7S. The Kier molecular flexibility index (Phi) is 8.33. The van der Waals surface area contributed by atoms with Gasteiger partial charge in [0.2, 0.25) is 5.75 Å². The number of benzene rings is 2. The molecule has 3 rings (SSSR count). The molecule has 3 aromatic rings. The number of hydrogen-bond donors (Lipinski definition) is 0. The average molecular weight is 488 g/mol. The van der Waals surface area contributed by atoms with Crippen LogP contribution in [0.15, 0.2) is 55.6 Å². The summed E-state index contributed by atoms with van der Waals surface area (Å²) < 4.78 is 28.2. The van der Waals surface area contributed by atoms with Gasteiger partial charge in [0.1, 0.15) is 16.7 Å². The number of carbonyl (C=O) groups is 1. The summed E-state index contributed by atoms with van der Waals surface area (Å²) in [5.74, 6) is 1.46. The zero-order valence-corrected chi connectivity index (χ0v) is 21.0. The van der Waals surface area contributed by atoms with Crippen molar-refractivity contribution in [1.29, 1.82) is 0 Å². The number of fused-ring (bicyclic) bond motifs is 1. The lowest BCUT2D eigenvalue weighted by Gasteiger charge is -2.18. The molecule has 0 aliphatic rings. The van der Waals surface area contributed by atoms with Gasteiger partial charge in [-0.2, -0.15) is 0 Å². The Labute approximate surface area is 202 Å². The van der Waals surface area contributed by atoms with Crippen molar-refractivity contribution >= 4 is 28.8 Å². The number of nitrogens with zero attached hydrogens (tertiary/aromatic N) is 1. The van der Waals surface area contributed by atoms with E-state index in [2.05, 4.69) is 0 Å². The smallest absolute Gasteiger partial charge is 0.415 e. The summed E-state index contributed by atoms with van der Waals surface area (Å²) in [5, 5.41) is 0.673. The van der Waals surface area contributed by atoms with E-state index in [1.165, 1.54) is 32.0 Å². The number of ether oxygens (including phenoxy) is 4. The Morgan fingerprint density at radius 1 is 1.03 bits per heavy atom. The molecule has 0 unspecified atom stereocenters. The molecule has 0 saturated heterocycles. The van der Waals surface area contributed by atoms with Crippen LogP contribution in [0.2, 0.25) is 0 Å². The standard InChI is InChI=1S/C25H29NO7S/c1-7-26(8-2)25(28)32-16-9-11-17(12-10-16)34-21-13-18(27)22-19(33-21)14-20(31-15(3)4)23(29-5)24(22)30-6/h9-15H,7-8H2,1-6H3. The van der Waals surface area contributed by atoms with Gasteiger partial charge in [-0.1, -0.05) is 11.8 Å². The Bertz CT molecular complexity index is 1200. The highest BCUT2D eigenvalue weighted by Crippen LogP contribution is 2.43. The molecule has 0 saturated carbocycles. The maximum Gasteiger partial charge on any atom is 0.415 e. The fourth-order valence-corrected chi connectivity index (χ4v) is 4.15. The number of carbonyl (C=O) groups excluding carboxylic acids is 1. The lowest BCUT2D eigenvalue weighted by atomic mass is 10.1. The van der Waals surface area contributed by atoms with E-state index in [1.54, 1.807) is 35.2 Å². The van der Waals surface area contributed by atoms with Gasteiger partial charge in [-0.25, -0.2) is 4.79 Å². The average Bonchev–Trinajstić information content (AvgIpc) is 2.79. The molecule has 1 aromatic heterocycles. The van der Waals surface area contributed by atoms with Crippen LogP contribution in [0.5, 0.6) is 23.0 Å². The van der Waals surface area contributed by atoms with Gasteiger partial charge < -0.3 is 28.3 Å². The van der Waals surface area contributed by atoms with Crippen molar-refractivity contribution < 1.29 is 28.2 Å². The largest absolute Gasteiger partial charge is 0.492 e. The maximum absolute atomic E-state index is 13.0. The van der Waals surface area contributed by atoms with Gasteiger partial charge in [0, 0.05) is 30.1 Å². The highest BCUT2D eigenvalue weighted by Gasteiger charge is 2.22. The molecule has 8 nitrogen and oxygen atoms in total. The summed E-state index contributed by atoms with van der Waals surface area (Å²) in [6, 6.07) is 10.0. The van der Waals surface area contributed by atoms with Crippen molar-refractivity contribution in [3.8, 4) is 23.0 Å². The van der Waals surface area contributed by atoms with E-state index in [0.29, 0.717) is 41.0 Å². The normalized spacial score (nSPS) is 10.9. The number of hydrogen-bond acceptors (Lipinski definition) is 8. The van der Waals surface area contributed by atoms with Crippen LogP contribution in [-0.4, -0.2) is 44.4 Å². The zero-order chi connectivity index (χ0) is 24.8. The van der Waals surface area contributed by atoms with Gasteiger partial charge in [-0.05, 0) is 52.0 Å². The van der Waals surface area contributed by atoms with Crippen molar-refractivity contribution in [2.24, 2.45) is 0 Å². The molecule has 0 radical (unpaired) electrons. The van der Waals surface area contributed by atoms with E-state index in [-0.39, 0.29) is 22.7 Å². The zero-order valence-electron chi connectivity index (χ0n) is 20.2. The predicted molar refractivity (Wildman–Crippen MR) is 131 cm³/mol. The third kappa shape index (κ3) is 5.59. The highest BCUT2D eigenvalue weighted by molar-refractivity contribution is 7.99. The Hall–Kier alpha value is -3.33. The van der Waals surface area contributed by atoms with Crippen molar-refractivity contribution in [3.63, 3.8) is 0 Å². The molecule has 0 N–H and O–H groups in total. The van der Waals surface area contributed by atoms with Gasteiger partial charge in [-0.15, -0.1) is 0 Å². The maximum atomic E-state index is 13.0. The monoisotopic (exact) mass is 487 g/mol. The second-order valence-electron chi connectivity index (χ2n) is 7.52. The molecule has 0 bridgehead atoms. The highest BCUT2D eigenvalue weighted by atomic mass is 32.2. The van der Waals surface area contributed by atoms with Crippen LogP contribution in [0.4, 0.5) is 4.79 Å². The lowest BCUT2D eigenvalue weighted by Crippen LogP contribution is -2.33. The molecule has 9 heteroatoms. The summed E-state index contributed by atoms with van der Waals surface area (Å²) in [7, 11) is 2.96. The lowest BCUT2D eigenvalue weighted by molar-refractivity contribution is 0.157. The number of rotatable bonds is 9. The number of methoxy groups -OCH3 is 2. The first kappa shape index (κ1) is 25.3. The SMILES string of the molecule is CCN(CC)C(=O)Oc1ccc(Sc2cc(=O)c3c(OC)c(OC)c(OC(C)C)cc3o2)cc1. The summed E-state index contributed by atoms with van der Waals surface area (Å²) in [5.41, 5.74) is 0.0628. The number of amides is 1.